The highest BCUT2D eigenvalue weighted by atomic mass is 35.5. The summed E-state index contributed by atoms with van der Waals surface area (Å²) in [6.07, 6.45) is 1.54. The first-order valence-electron chi connectivity index (χ1n) is 8.46. The summed E-state index contributed by atoms with van der Waals surface area (Å²) in [5.74, 6) is -0.251. The van der Waals surface area contributed by atoms with Gasteiger partial charge in [-0.2, -0.15) is 0 Å². The molecule has 134 valence electrons. The summed E-state index contributed by atoms with van der Waals surface area (Å²) < 4.78 is 0. The minimum Gasteiger partial charge on any atom is -0.399 e. The summed E-state index contributed by atoms with van der Waals surface area (Å²) in [6.45, 7) is 0.637. The Bertz CT molecular complexity index is 936. The van der Waals surface area contributed by atoms with E-state index in [1.54, 1.807) is 4.90 Å². The number of amides is 1. The van der Waals surface area contributed by atoms with Crippen LogP contribution in [0.15, 0.2) is 35.9 Å². The molecule has 4 nitrogen and oxygen atoms in total. The first-order chi connectivity index (χ1) is 12.5. The lowest BCUT2D eigenvalue weighted by Gasteiger charge is -2.29. The van der Waals surface area contributed by atoms with Gasteiger partial charge in [0.05, 0.1) is 10.0 Å². The number of aliphatic hydroxyl groups is 1. The molecule has 3 N–H and O–H groups in total. The molecule has 0 spiro atoms. The summed E-state index contributed by atoms with van der Waals surface area (Å²) in [7, 11) is 0. The number of halogens is 2. The average Bonchev–Trinajstić information content (AvgIpc) is 3.04. The lowest BCUT2D eigenvalue weighted by Crippen LogP contribution is -2.37. The SMILES string of the molecule is Nc1ccc(-c2cc(Cl)c(Cl)c3c2C2=C(CCN(C(=O)CO)C2)C3)cc1. The van der Waals surface area contributed by atoms with Crippen LogP contribution >= 0.6 is 23.2 Å². The van der Waals surface area contributed by atoms with Crippen molar-refractivity contribution in [3.8, 4) is 11.1 Å². The highest BCUT2D eigenvalue weighted by molar-refractivity contribution is 6.43. The normalized spacial score (nSPS) is 15.9. The fourth-order valence-electron chi connectivity index (χ4n) is 3.86. The number of rotatable bonds is 2. The third-order valence-electron chi connectivity index (χ3n) is 5.18. The van der Waals surface area contributed by atoms with Gasteiger partial charge in [0.25, 0.3) is 0 Å². The van der Waals surface area contributed by atoms with E-state index in [1.807, 2.05) is 30.3 Å². The molecule has 1 aliphatic heterocycles. The van der Waals surface area contributed by atoms with E-state index in [9.17, 15) is 9.90 Å². The number of benzene rings is 2. The zero-order valence-corrected chi connectivity index (χ0v) is 15.6. The van der Waals surface area contributed by atoms with Gasteiger partial charge in [0.15, 0.2) is 0 Å². The van der Waals surface area contributed by atoms with Crippen LogP contribution < -0.4 is 5.73 Å². The molecule has 2 aromatic carbocycles. The molecule has 0 fully saturated rings. The molecule has 0 radical (unpaired) electrons. The van der Waals surface area contributed by atoms with Crippen molar-refractivity contribution in [1.82, 2.24) is 4.90 Å². The van der Waals surface area contributed by atoms with Crippen molar-refractivity contribution in [2.24, 2.45) is 0 Å². The van der Waals surface area contributed by atoms with Crippen LogP contribution in [-0.2, 0) is 11.2 Å². The smallest absolute Gasteiger partial charge is 0.248 e. The number of hydrogen-bond donors (Lipinski definition) is 2. The molecule has 2 aliphatic rings. The van der Waals surface area contributed by atoms with Crippen LogP contribution in [0.1, 0.15) is 17.5 Å². The minimum absolute atomic E-state index is 0.251. The lowest BCUT2D eigenvalue weighted by atomic mass is 9.92. The Morgan fingerprint density at radius 2 is 1.96 bits per heavy atom. The predicted octanol–water partition coefficient (Wildman–Crippen LogP) is 3.78. The van der Waals surface area contributed by atoms with Gasteiger partial charge in [-0.1, -0.05) is 40.9 Å². The van der Waals surface area contributed by atoms with Gasteiger partial charge in [0.2, 0.25) is 5.91 Å². The van der Waals surface area contributed by atoms with E-state index in [0.717, 1.165) is 40.7 Å². The van der Waals surface area contributed by atoms with E-state index in [1.165, 1.54) is 5.57 Å². The van der Waals surface area contributed by atoms with Gasteiger partial charge in [-0.3, -0.25) is 4.79 Å². The Morgan fingerprint density at radius 1 is 1.23 bits per heavy atom. The summed E-state index contributed by atoms with van der Waals surface area (Å²) >= 11 is 12.9. The maximum Gasteiger partial charge on any atom is 0.248 e. The third-order valence-corrected chi connectivity index (χ3v) is 6.00. The monoisotopic (exact) mass is 388 g/mol. The largest absolute Gasteiger partial charge is 0.399 e. The number of fused-ring (bicyclic) bond motifs is 2. The molecule has 26 heavy (non-hydrogen) atoms. The number of aliphatic hydroxyl groups excluding tert-OH is 1. The number of nitrogens with zero attached hydrogens (tertiary/aromatic N) is 1. The van der Waals surface area contributed by atoms with Crippen LogP contribution in [0.2, 0.25) is 10.0 Å². The summed E-state index contributed by atoms with van der Waals surface area (Å²) in [5, 5.41) is 10.3. The Balaban J connectivity index is 1.86. The number of hydrogen-bond acceptors (Lipinski definition) is 3. The van der Waals surface area contributed by atoms with Crippen LogP contribution in [0.5, 0.6) is 0 Å². The molecule has 0 unspecified atom stereocenters. The second-order valence-corrected chi connectivity index (χ2v) is 7.46. The second kappa shape index (κ2) is 6.62. The van der Waals surface area contributed by atoms with Crippen LogP contribution in [0.3, 0.4) is 0 Å². The molecule has 6 heteroatoms. The van der Waals surface area contributed by atoms with Crippen molar-refractivity contribution in [2.75, 3.05) is 25.4 Å². The van der Waals surface area contributed by atoms with Crippen molar-refractivity contribution in [3.63, 3.8) is 0 Å². The summed E-state index contributed by atoms with van der Waals surface area (Å²) in [4.78, 5) is 13.7. The molecule has 4 rings (SSSR count). The van der Waals surface area contributed by atoms with Crippen LogP contribution in [-0.4, -0.2) is 35.6 Å². The Kier molecular flexibility index (Phi) is 4.43. The Labute approximate surface area is 161 Å². The third kappa shape index (κ3) is 2.78. The van der Waals surface area contributed by atoms with E-state index in [0.29, 0.717) is 28.8 Å². The van der Waals surface area contributed by atoms with Crippen molar-refractivity contribution >= 4 is 40.4 Å². The zero-order valence-electron chi connectivity index (χ0n) is 14.1. The molecule has 1 amide bonds. The quantitative estimate of drug-likeness (QED) is 0.769. The van der Waals surface area contributed by atoms with Crippen LogP contribution in [0, 0.1) is 0 Å². The molecule has 2 aromatic rings. The predicted molar refractivity (Wildman–Crippen MR) is 105 cm³/mol. The summed E-state index contributed by atoms with van der Waals surface area (Å²) in [6, 6.07) is 9.53. The molecular weight excluding hydrogens is 371 g/mol. The summed E-state index contributed by atoms with van der Waals surface area (Å²) in [5.41, 5.74) is 13.0. The zero-order chi connectivity index (χ0) is 18.4. The highest BCUT2D eigenvalue weighted by Crippen LogP contribution is 2.47. The van der Waals surface area contributed by atoms with Gasteiger partial charge < -0.3 is 15.7 Å². The minimum atomic E-state index is -0.471. The molecule has 1 aliphatic carbocycles. The average molecular weight is 389 g/mol. The first-order valence-corrected chi connectivity index (χ1v) is 9.22. The molecule has 0 saturated carbocycles. The van der Waals surface area contributed by atoms with E-state index in [-0.39, 0.29) is 5.91 Å². The van der Waals surface area contributed by atoms with Gasteiger partial charge in [0.1, 0.15) is 6.61 Å². The van der Waals surface area contributed by atoms with Crippen LogP contribution in [0.4, 0.5) is 5.69 Å². The van der Waals surface area contributed by atoms with Crippen LogP contribution in [0.25, 0.3) is 16.7 Å². The fourth-order valence-corrected chi connectivity index (χ4v) is 4.30. The van der Waals surface area contributed by atoms with E-state index in [2.05, 4.69) is 0 Å². The van der Waals surface area contributed by atoms with Gasteiger partial charge in [0, 0.05) is 18.8 Å². The van der Waals surface area contributed by atoms with Gasteiger partial charge in [-0.15, -0.1) is 0 Å². The maximum absolute atomic E-state index is 12.0. The van der Waals surface area contributed by atoms with Gasteiger partial charge >= 0.3 is 0 Å². The van der Waals surface area contributed by atoms with E-state index >= 15 is 0 Å². The second-order valence-electron chi connectivity index (χ2n) is 6.68. The van der Waals surface area contributed by atoms with Gasteiger partial charge in [-0.25, -0.2) is 0 Å². The Hall–Kier alpha value is -2.01. The van der Waals surface area contributed by atoms with Crippen molar-refractivity contribution in [2.45, 2.75) is 12.8 Å². The number of anilines is 1. The van der Waals surface area contributed by atoms with E-state index in [4.69, 9.17) is 28.9 Å². The Morgan fingerprint density at radius 3 is 2.65 bits per heavy atom. The topological polar surface area (TPSA) is 66.6 Å². The molecule has 0 saturated heterocycles. The maximum atomic E-state index is 12.0. The van der Waals surface area contributed by atoms with Gasteiger partial charge in [-0.05, 0) is 58.9 Å². The number of nitrogens with two attached hydrogens (primary N) is 1. The number of carbonyl (C=O) groups excluding carboxylic acids is 1. The van der Waals surface area contributed by atoms with Crippen molar-refractivity contribution < 1.29 is 9.90 Å². The molecule has 0 bridgehead atoms. The van der Waals surface area contributed by atoms with E-state index < -0.39 is 6.61 Å². The standard InChI is InChI=1S/C20H18Cl2N2O2/c21-17-8-14(11-1-3-13(23)4-2-11)19-15(20(17)22)7-12-5-6-24(9-16(12)19)18(26)10-25/h1-4,8,25H,5-7,9-10,23H2. The molecule has 0 aromatic heterocycles. The lowest BCUT2D eigenvalue weighted by molar-refractivity contribution is -0.133. The molecule has 0 atom stereocenters. The molecular formula is C20H18Cl2N2O2. The molecule has 1 heterocycles. The number of carbonyl (C=O) groups is 1. The van der Waals surface area contributed by atoms with Crippen molar-refractivity contribution in [3.05, 3.63) is 57.1 Å². The highest BCUT2D eigenvalue weighted by Gasteiger charge is 2.33. The number of nitrogen functional groups attached to an aromatic ring is 1. The first kappa shape index (κ1) is 17.4. The fraction of sp³-hybridized carbons (Fsp3) is 0.250. The van der Waals surface area contributed by atoms with Crippen molar-refractivity contribution in [1.29, 1.82) is 0 Å².